The maximum absolute atomic E-state index is 15.0. The summed E-state index contributed by atoms with van der Waals surface area (Å²) in [4.78, 5) is 26.6. The van der Waals surface area contributed by atoms with Crippen LogP contribution in [0.2, 0.25) is 0 Å². The minimum Gasteiger partial charge on any atom is -0.342 e. The zero-order valence-corrected chi connectivity index (χ0v) is 19.8. The Hall–Kier alpha value is -3.88. The van der Waals surface area contributed by atoms with Crippen LogP contribution in [-0.2, 0) is 4.79 Å². The van der Waals surface area contributed by atoms with E-state index in [1.165, 1.54) is 6.07 Å². The number of benzene rings is 1. The molecule has 0 unspecified atom stereocenters. The van der Waals surface area contributed by atoms with Gasteiger partial charge < -0.3 is 14.8 Å². The Morgan fingerprint density at radius 3 is 2.57 bits per heavy atom. The van der Waals surface area contributed by atoms with E-state index in [2.05, 4.69) is 20.3 Å². The summed E-state index contributed by atoms with van der Waals surface area (Å²) >= 11 is 0. The third-order valence-electron chi connectivity index (χ3n) is 6.26. The summed E-state index contributed by atoms with van der Waals surface area (Å²) in [6, 6.07) is 8.48. The first-order valence-electron chi connectivity index (χ1n) is 11.7. The van der Waals surface area contributed by atoms with Gasteiger partial charge in [0.25, 0.3) is 0 Å². The average molecular weight is 477 g/mol. The molecule has 1 N–H and O–H groups in total. The highest BCUT2D eigenvalue weighted by Crippen LogP contribution is 2.32. The quantitative estimate of drug-likeness (QED) is 0.387. The van der Waals surface area contributed by atoms with Crippen molar-refractivity contribution in [2.75, 3.05) is 16.8 Å². The molecule has 1 aromatic carbocycles. The predicted octanol–water partition coefficient (Wildman–Crippen LogP) is 5.92. The van der Waals surface area contributed by atoms with Crippen LogP contribution in [0.15, 0.2) is 42.7 Å². The van der Waals surface area contributed by atoms with Crippen LogP contribution in [0.4, 0.5) is 26.2 Å². The first-order valence-corrected chi connectivity index (χ1v) is 11.7. The Morgan fingerprint density at radius 1 is 1.03 bits per heavy atom. The van der Waals surface area contributed by atoms with Crippen LogP contribution in [0.5, 0.6) is 0 Å². The van der Waals surface area contributed by atoms with E-state index in [1.807, 2.05) is 25.3 Å². The topological polar surface area (TPSA) is 75.9 Å². The van der Waals surface area contributed by atoms with Crippen LogP contribution in [0.3, 0.4) is 0 Å². The molecule has 1 aliphatic heterocycles. The van der Waals surface area contributed by atoms with E-state index in [9.17, 15) is 13.6 Å². The van der Waals surface area contributed by atoms with Crippen molar-refractivity contribution in [2.45, 2.75) is 46.1 Å². The number of hydrogen-bond donors (Lipinski definition) is 1. The van der Waals surface area contributed by atoms with Gasteiger partial charge in [0.2, 0.25) is 11.9 Å². The Balaban J connectivity index is 1.45. The normalized spacial score (nSPS) is 14.2. The van der Waals surface area contributed by atoms with Crippen molar-refractivity contribution in [1.82, 2.24) is 19.5 Å². The molecule has 0 aliphatic carbocycles. The lowest BCUT2D eigenvalue weighted by atomic mass is 10.1. The number of pyridine rings is 1. The molecule has 0 saturated carbocycles. The number of carbonyl (C=O) groups is 1. The van der Waals surface area contributed by atoms with Crippen molar-refractivity contribution in [3.63, 3.8) is 0 Å². The van der Waals surface area contributed by atoms with Crippen molar-refractivity contribution < 1.29 is 13.6 Å². The molecule has 0 bridgehead atoms. The second-order valence-corrected chi connectivity index (χ2v) is 9.06. The molecule has 0 spiro atoms. The van der Waals surface area contributed by atoms with Gasteiger partial charge in [-0.2, -0.15) is 0 Å². The largest absolute Gasteiger partial charge is 0.342 e. The molecule has 0 radical (unpaired) electrons. The smallest absolute Gasteiger partial charge is 0.229 e. The zero-order chi connectivity index (χ0) is 24.7. The third kappa shape index (κ3) is 4.34. The summed E-state index contributed by atoms with van der Waals surface area (Å²) in [5, 5.41) is 3.46. The van der Waals surface area contributed by atoms with E-state index >= 15 is 0 Å². The molecular weight excluding hydrogens is 450 g/mol. The monoisotopic (exact) mass is 476 g/mol. The van der Waals surface area contributed by atoms with Crippen LogP contribution in [0.25, 0.3) is 22.2 Å². The van der Waals surface area contributed by atoms with Gasteiger partial charge in [-0.05, 0) is 63.9 Å². The van der Waals surface area contributed by atoms with E-state index in [1.54, 1.807) is 35.4 Å². The van der Waals surface area contributed by atoms with Gasteiger partial charge in [-0.15, -0.1) is 0 Å². The van der Waals surface area contributed by atoms with E-state index in [4.69, 9.17) is 0 Å². The number of aromatic nitrogens is 4. The molecule has 5 rings (SSSR count). The molecule has 180 valence electrons. The van der Waals surface area contributed by atoms with Gasteiger partial charge in [0.05, 0.1) is 23.6 Å². The lowest BCUT2D eigenvalue weighted by Gasteiger charge is -2.26. The number of rotatable bonds is 5. The molecule has 4 heterocycles. The summed E-state index contributed by atoms with van der Waals surface area (Å²) in [5.74, 6) is -0.417. The van der Waals surface area contributed by atoms with E-state index < -0.39 is 11.6 Å². The van der Waals surface area contributed by atoms with Crippen molar-refractivity contribution >= 4 is 34.3 Å². The van der Waals surface area contributed by atoms with Crippen LogP contribution >= 0.6 is 0 Å². The molecule has 0 atom stereocenters. The first kappa shape index (κ1) is 22.9. The lowest BCUT2D eigenvalue weighted by Crippen LogP contribution is -2.35. The highest BCUT2D eigenvalue weighted by Gasteiger charge is 2.20. The van der Waals surface area contributed by atoms with Crippen molar-refractivity contribution in [3.05, 3.63) is 60.1 Å². The SMILES string of the molecule is Cc1cc2c(F)cc(-c3nc(Nc4ccc(N5CCCCC5=O)cn4)ncc3F)cc2n1C(C)C. The third-order valence-corrected chi connectivity index (χ3v) is 6.26. The van der Waals surface area contributed by atoms with Gasteiger partial charge in [0.15, 0.2) is 5.82 Å². The Kier molecular flexibility index (Phi) is 5.92. The minimum atomic E-state index is -0.652. The van der Waals surface area contributed by atoms with Crippen LogP contribution < -0.4 is 10.2 Å². The number of halogens is 2. The van der Waals surface area contributed by atoms with E-state index in [0.717, 1.165) is 30.4 Å². The maximum atomic E-state index is 15.0. The summed E-state index contributed by atoms with van der Waals surface area (Å²) < 4.78 is 31.7. The fourth-order valence-corrected chi connectivity index (χ4v) is 4.68. The fraction of sp³-hybridized carbons (Fsp3) is 0.308. The van der Waals surface area contributed by atoms with Crippen LogP contribution in [-0.4, -0.2) is 32.0 Å². The number of hydrogen-bond acceptors (Lipinski definition) is 5. The molecule has 3 aromatic heterocycles. The van der Waals surface area contributed by atoms with Gasteiger partial charge >= 0.3 is 0 Å². The summed E-state index contributed by atoms with van der Waals surface area (Å²) in [6.45, 7) is 6.64. The first-order chi connectivity index (χ1) is 16.8. The van der Waals surface area contributed by atoms with Gasteiger partial charge in [-0.3, -0.25) is 4.79 Å². The highest BCUT2D eigenvalue weighted by atomic mass is 19.1. The molecule has 7 nitrogen and oxygen atoms in total. The second-order valence-electron chi connectivity index (χ2n) is 9.06. The number of piperidine rings is 1. The number of fused-ring (bicyclic) bond motifs is 1. The molecule has 1 saturated heterocycles. The number of anilines is 3. The lowest BCUT2D eigenvalue weighted by molar-refractivity contribution is -0.119. The van der Waals surface area contributed by atoms with Crippen LogP contribution in [0, 0.1) is 18.6 Å². The molecule has 1 aliphatic rings. The van der Waals surface area contributed by atoms with Gasteiger partial charge in [0, 0.05) is 35.7 Å². The Bertz CT molecular complexity index is 1410. The molecule has 9 heteroatoms. The summed E-state index contributed by atoms with van der Waals surface area (Å²) in [5.41, 5.74) is 2.66. The number of aryl methyl sites for hydroxylation is 1. The summed E-state index contributed by atoms with van der Waals surface area (Å²) in [7, 11) is 0. The number of nitrogens with zero attached hydrogens (tertiary/aromatic N) is 5. The molecule has 4 aromatic rings. The molecular formula is C26H26F2N6O. The van der Waals surface area contributed by atoms with Crippen molar-refractivity contribution in [1.29, 1.82) is 0 Å². The zero-order valence-electron chi connectivity index (χ0n) is 19.8. The second kappa shape index (κ2) is 9.05. The van der Waals surface area contributed by atoms with Gasteiger partial charge in [-0.25, -0.2) is 23.7 Å². The predicted molar refractivity (Wildman–Crippen MR) is 132 cm³/mol. The average Bonchev–Trinajstić information content (AvgIpc) is 3.18. The number of carbonyl (C=O) groups excluding carboxylic acids is 1. The number of nitrogens with one attached hydrogen (secondary N) is 1. The fourth-order valence-electron chi connectivity index (χ4n) is 4.68. The molecule has 1 fully saturated rings. The van der Waals surface area contributed by atoms with Crippen molar-refractivity contribution in [2.24, 2.45) is 0 Å². The van der Waals surface area contributed by atoms with Gasteiger partial charge in [-0.1, -0.05) is 0 Å². The van der Waals surface area contributed by atoms with Crippen molar-refractivity contribution in [3.8, 4) is 11.3 Å². The standard InChI is InChI=1S/C26H26F2N6O/c1-15(2)34-16(3)10-19-20(27)11-17(12-22(19)34)25-21(28)14-30-26(32-25)31-23-8-7-18(13-29-23)33-9-5-4-6-24(33)35/h7-8,10-15H,4-6,9H2,1-3H3,(H,29,30,31,32). The van der Waals surface area contributed by atoms with Crippen LogP contribution in [0.1, 0.15) is 44.8 Å². The highest BCUT2D eigenvalue weighted by molar-refractivity contribution is 5.94. The van der Waals surface area contributed by atoms with E-state index in [-0.39, 0.29) is 23.6 Å². The number of amides is 1. The Morgan fingerprint density at radius 2 is 1.86 bits per heavy atom. The Labute approximate surface area is 201 Å². The van der Waals surface area contributed by atoms with E-state index in [0.29, 0.717) is 35.2 Å². The molecule has 35 heavy (non-hydrogen) atoms. The summed E-state index contributed by atoms with van der Waals surface area (Å²) in [6.07, 6.45) is 5.08. The molecule has 1 amide bonds. The van der Waals surface area contributed by atoms with Gasteiger partial charge in [0.1, 0.15) is 17.3 Å². The maximum Gasteiger partial charge on any atom is 0.229 e. The minimum absolute atomic E-state index is 0.00649.